The van der Waals surface area contributed by atoms with Crippen LogP contribution in [0, 0.1) is 0 Å². The van der Waals surface area contributed by atoms with Crippen LogP contribution in [0.1, 0.15) is 26.7 Å². The zero-order chi connectivity index (χ0) is 19.3. The highest BCUT2D eigenvalue weighted by molar-refractivity contribution is 5.79. The van der Waals surface area contributed by atoms with Gasteiger partial charge in [0.25, 0.3) is 0 Å². The van der Waals surface area contributed by atoms with E-state index in [4.69, 9.17) is 9.47 Å². The number of ether oxygens (including phenoxy) is 2. The first-order valence-electron chi connectivity index (χ1n) is 9.37. The SMILES string of the molecule is CCNC(=NCC(C)Oc1ccccc1OC)NCCCCn1cnnc1. The van der Waals surface area contributed by atoms with E-state index in [2.05, 4.69) is 32.7 Å². The second kappa shape index (κ2) is 11.8. The first-order chi connectivity index (χ1) is 13.2. The Hall–Kier alpha value is -2.77. The molecular formula is C19H30N6O2. The molecule has 0 saturated heterocycles. The fourth-order valence-electron chi connectivity index (χ4n) is 2.50. The Bertz CT molecular complexity index is 675. The van der Waals surface area contributed by atoms with Crippen molar-refractivity contribution in [2.75, 3.05) is 26.7 Å². The van der Waals surface area contributed by atoms with Gasteiger partial charge in [0.1, 0.15) is 18.8 Å². The average Bonchev–Trinajstić information content (AvgIpc) is 3.19. The van der Waals surface area contributed by atoms with Crippen LogP contribution in [0.15, 0.2) is 41.9 Å². The lowest BCUT2D eigenvalue weighted by Crippen LogP contribution is -2.38. The zero-order valence-corrected chi connectivity index (χ0v) is 16.4. The molecule has 0 radical (unpaired) electrons. The Kier molecular flexibility index (Phi) is 8.95. The number of unbranched alkanes of at least 4 members (excludes halogenated alkanes) is 1. The van der Waals surface area contributed by atoms with Crippen LogP contribution >= 0.6 is 0 Å². The summed E-state index contributed by atoms with van der Waals surface area (Å²) >= 11 is 0. The van der Waals surface area contributed by atoms with E-state index in [1.165, 1.54) is 0 Å². The molecule has 0 saturated carbocycles. The minimum Gasteiger partial charge on any atom is -0.493 e. The minimum absolute atomic E-state index is 0.0644. The number of methoxy groups -OCH3 is 1. The molecule has 0 aliphatic carbocycles. The highest BCUT2D eigenvalue weighted by Crippen LogP contribution is 2.26. The molecule has 0 bridgehead atoms. The number of hydrogen-bond acceptors (Lipinski definition) is 5. The van der Waals surface area contributed by atoms with Gasteiger partial charge in [0.05, 0.1) is 13.7 Å². The van der Waals surface area contributed by atoms with Crippen LogP contribution in [0.4, 0.5) is 0 Å². The molecule has 0 amide bonds. The number of aryl methyl sites for hydroxylation is 1. The van der Waals surface area contributed by atoms with Gasteiger partial charge < -0.3 is 24.7 Å². The molecule has 0 aliphatic rings. The number of rotatable bonds is 11. The van der Waals surface area contributed by atoms with Crippen LogP contribution in [0.5, 0.6) is 11.5 Å². The summed E-state index contributed by atoms with van der Waals surface area (Å²) in [6.45, 7) is 7.20. The van der Waals surface area contributed by atoms with Gasteiger partial charge in [-0.3, -0.25) is 0 Å². The van der Waals surface area contributed by atoms with Gasteiger partial charge in [0, 0.05) is 19.6 Å². The maximum Gasteiger partial charge on any atom is 0.191 e. The van der Waals surface area contributed by atoms with E-state index >= 15 is 0 Å². The molecule has 1 heterocycles. The van der Waals surface area contributed by atoms with Crippen molar-refractivity contribution < 1.29 is 9.47 Å². The summed E-state index contributed by atoms with van der Waals surface area (Å²) in [4.78, 5) is 4.62. The molecule has 8 heteroatoms. The smallest absolute Gasteiger partial charge is 0.191 e. The molecule has 148 valence electrons. The number of aromatic nitrogens is 3. The van der Waals surface area contributed by atoms with Crippen LogP contribution in [-0.2, 0) is 6.54 Å². The minimum atomic E-state index is -0.0644. The maximum absolute atomic E-state index is 5.95. The van der Waals surface area contributed by atoms with Gasteiger partial charge in [-0.25, -0.2) is 4.99 Å². The van der Waals surface area contributed by atoms with Crippen LogP contribution in [0.2, 0.25) is 0 Å². The first-order valence-corrected chi connectivity index (χ1v) is 9.37. The molecule has 2 N–H and O–H groups in total. The normalized spacial score (nSPS) is 12.5. The predicted molar refractivity (Wildman–Crippen MR) is 106 cm³/mol. The van der Waals surface area contributed by atoms with E-state index in [0.717, 1.165) is 49.9 Å². The van der Waals surface area contributed by atoms with Crippen molar-refractivity contribution in [3.8, 4) is 11.5 Å². The Morgan fingerprint density at radius 2 is 1.89 bits per heavy atom. The number of hydrogen-bond donors (Lipinski definition) is 2. The van der Waals surface area contributed by atoms with Crippen molar-refractivity contribution in [3.05, 3.63) is 36.9 Å². The van der Waals surface area contributed by atoms with Crippen LogP contribution < -0.4 is 20.1 Å². The molecule has 27 heavy (non-hydrogen) atoms. The summed E-state index contributed by atoms with van der Waals surface area (Å²) in [5.74, 6) is 2.26. The van der Waals surface area contributed by atoms with Crippen LogP contribution in [0.25, 0.3) is 0 Å². The maximum atomic E-state index is 5.95. The second-order valence-corrected chi connectivity index (χ2v) is 6.13. The second-order valence-electron chi connectivity index (χ2n) is 6.13. The fraction of sp³-hybridized carbons (Fsp3) is 0.526. The number of para-hydroxylation sites is 2. The number of nitrogens with one attached hydrogen (secondary N) is 2. The van der Waals surface area contributed by atoms with E-state index in [1.807, 2.05) is 35.8 Å². The molecule has 1 unspecified atom stereocenters. The zero-order valence-electron chi connectivity index (χ0n) is 16.4. The van der Waals surface area contributed by atoms with Gasteiger partial charge in [0.2, 0.25) is 0 Å². The molecule has 0 spiro atoms. The summed E-state index contributed by atoms with van der Waals surface area (Å²) < 4.78 is 13.2. The van der Waals surface area contributed by atoms with Crippen molar-refractivity contribution in [2.45, 2.75) is 39.3 Å². The summed E-state index contributed by atoms with van der Waals surface area (Å²) in [5, 5.41) is 14.2. The van der Waals surface area contributed by atoms with Crippen molar-refractivity contribution in [1.29, 1.82) is 0 Å². The van der Waals surface area contributed by atoms with Crippen molar-refractivity contribution in [3.63, 3.8) is 0 Å². The lowest BCUT2D eigenvalue weighted by atomic mass is 10.3. The van der Waals surface area contributed by atoms with E-state index in [1.54, 1.807) is 19.8 Å². The van der Waals surface area contributed by atoms with Gasteiger partial charge in [-0.15, -0.1) is 10.2 Å². The Morgan fingerprint density at radius 3 is 2.59 bits per heavy atom. The summed E-state index contributed by atoms with van der Waals surface area (Å²) in [5.41, 5.74) is 0. The van der Waals surface area contributed by atoms with Gasteiger partial charge in [0.15, 0.2) is 17.5 Å². The van der Waals surface area contributed by atoms with E-state index in [-0.39, 0.29) is 6.10 Å². The third kappa shape index (κ3) is 7.55. The molecule has 2 aromatic rings. The Labute approximate surface area is 161 Å². The Morgan fingerprint density at radius 1 is 1.15 bits per heavy atom. The molecule has 1 aromatic heterocycles. The van der Waals surface area contributed by atoms with E-state index in [9.17, 15) is 0 Å². The molecule has 2 rings (SSSR count). The van der Waals surface area contributed by atoms with Gasteiger partial charge in [-0.2, -0.15) is 0 Å². The van der Waals surface area contributed by atoms with Crippen LogP contribution in [0.3, 0.4) is 0 Å². The highest BCUT2D eigenvalue weighted by atomic mass is 16.5. The number of nitrogens with zero attached hydrogens (tertiary/aromatic N) is 4. The summed E-state index contributed by atoms with van der Waals surface area (Å²) in [6.07, 6.45) is 5.50. The summed E-state index contributed by atoms with van der Waals surface area (Å²) in [7, 11) is 1.64. The van der Waals surface area contributed by atoms with Gasteiger partial charge in [-0.05, 0) is 38.8 Å². The average molecular weight is 374 g/mol. The summed E-state index contributed by atoms with van der Waals surface area (Å²) in [6, 6.07) is 7.64. The van der Waals surface area contributed by atoms with Crippen molar-refractivity contribution in [2.24, 2.45) is 4.99 Å². The molecule has 0 aliphatic heterocycles. The quantitative estimate of drug-likeness (QED) is 0.356. The predicted octanol–water partition coefficient (Wildman–Crippen LogP) is 2.09. The molecule has 0 fully saturated rings. The topological polar surface area (TPSA) is 85.6 Å². The van der Waals surface area contributed by atoms with Crippen molar-refractivity contribution in [1.82, 2.24) is 25.4 Å². The number of guanidine groups is 1. The lowest BCUT2D eigenvalue weighted by Gasteiger charge is -2.16. The van der Waals surface area contributed by atoms with Crippen LogP contribution in [-0.4, -0.2) is 53.6 Å². The van der Waals surface area contributed by atoms with Crippen molar-refractivity contribution >= 4 is 5.96 Å². The standard InChI is InChI=1S/C19H30N6O2/c1-4-20-19(21-11-7-8-12-25-14-23-24-15-25)22-13-16(2)27-18-10-6-5-9-17(18)26-3/h5-6,9-10,14-16H,4,7-8,11-13H2,1-3H3,(H2,20,21,22). The lowest BCUT2D eigenvalue weighted by molar-refractivity contribution is 0.219. The molecular weight excluding hydrogens is 344 g/mol. The first kappa shape index (κ1) is 20.5. The largest absolute Gasteiger partial charge is 0.493 e. The fourth-order valence-corrected chi connectivity index (χ4v) is 2.50. The monoisotopic (exact) mass is 374 g/mol. The number of benzene rings is 1. The van der Waals surface area contributed by atoms with Gasteiger partial charge >= 0.3 is 0 Å². The van der Waals surface area contributed by atoms with Gasteiger partial charge in [-0.1, -0.05) is 12.1 Å². The Balaban J connectivity index is 1.74. The molecule has 8 nitrogen and oxygen atoms in total. The highest BCUT2D eigenvalue weighted by Gasteiger charge is 2.08. The van der Waals surface area contributed by atoms with E-state index < -0.39 is 0 Å². The molecule has 1 aromatic carbocycles. The third-order valence-electron chi connectivity index (χ3n) is 3.85. The molecule has 1 atom stereocenters. The third-order valence-corrected chi connectivity index (χ3v) is 3.85. The number of aliphatic imine (C=N–C) groups is 1. The van der Waals surface area contributed by atoms with E-state index in [0.29, 0.717) is 6.54 Å².